The van der Waals surface area contributed by atoms with E-state index in [9.17, 15) is 9.59 Å². The van der Waals surface area contributed by atoms with Crippen molar-refractivity contribution in [3.05, 3.63) is 71.5 Å². The van der Waals surface area contributed by atoms with Crippen LogP contribution in [0.25, 0.3) is 17.0 Å². The molecule has 132 valence electrons. The van der Waals surface area contributed by atoms with E-state index in [0.29, 0.717) is 17.0 Å². The second-order valence-corrected chi connectivity index (χ2v) is 5.78. The number of rotatable bonds is 5. The number of hydrogen-bond acceptors (Lipinski definition) is 4. The highest BCUT2D eigenvalue weighted by Crippen LogP contribution is 2.21. The van der Waals surface area contributed by atoms with Gasteiger partial charge in [0.2, 0.25) is 5.91 Å². The SMILES string of the molecule is CCOC(=O)c1ccccc1NC(=O)C=Cc1cc2ccc(C)cc2o1. The monoisotopic (exact) mass is 349 g/mol. The molecule has 0 aliphatic heterocycles. The zero-order valence-corrected chi connectivity index (χ0v) is 14.6. The van der Waals surface area contributed by atoms with Crippen LogP contribution < -0.4 is 5.32 Å². The Balaban J connectivity index is 1.74. The van der Waals surface area contributed by atoms with Gasteiger partial charge in [-0.3, -0.25) is 4.79 Å². The Morgan fingerprint density at radius 3 is 2.77 bits per heavy atom. The van der Waals surface area contributed by atoms with Gasteiger partial charge < -0.3 is 14.5 Å². The molecule has 0 spiro atoms. The Morgan fingerprint density at radius 1 is 1.15 bits per heavy atom. The minimum absolute atomic E-state index is 0.270. The largest absolute Gasteiger partial charge is 0.462 e. The number of anilines is 1. The third kappa shape index (κ3) is 4.00. The van der Waals surface area contributed by atoms with Crippen LogP contribution in [0.5, 0.6) is 0 Å². The van der Waals surface area contributed by atoms with Crippen molar-refractivity contribution in [2.45, 2.75) is 13.8 Å². The molecule has 0 fully saturated rings. The van der Waals surface area contributed by atoms with Crippen LogP contribution >= 0.6 is 0 Å². The van der Waals surface area contributed by atoms with Crippen LogP contribution in [0.2, 0.25) is 0 Å². The van der Waals surface area contributed by atoms with E-state index >= 15 is 0 Å². The molecule has 2 aromatic carbocycles. The molecule has 5 heteroatoms. The average Bonchev–Trinajstić information content (AvgIpc) is 3.02. The Labute approximate surface area is 151 Å². The van der Waals surface area contributed by atoms with Gasteiger partial charge >= 0.3 is 5.97 Å². The van der Waals surface area contributed by atoms with E-state index in [1.807, 2.05) is 31.2 Å². The summed E-state index contributed by atoms with van der Waals surface area (Å²) < 4.78 is 10.7. The second-order valence-electron chi connectivity index (χ2n) is 5.78. The van der Waals surface area contributed by atoms with E-state index in [1.165, 1.54) is 6.08 Å². The summed E-state index contributed by atoms with van der Waals surface area (Å²) in [6.07, 6.45) is 2.96. The van der Waals surface area contributed by atoms with E-state index in [-0.39, 0.29) is 12.5 Å². The van der Waals surface area contributed by atoms with Gasteiger partial charge in [-0.1, -0.05) is 24.3 Å². The van der Waals surface area contributed by atoms with Gasteiger partial charge in [-0.25, -0.2) is 4.79 Å². The molecule has 1 N–H and O–H groups in total. The summed E-state index contributed by atoms with van der Waals surface area (Å²) in [7, 11) is 0. The summed E-state index contributed by atoms with van der Waals surface area (Å²) in [5.41, 5.74) is 2.60. The number of hydrogen-bond donors (Lipinski definition) is 1. The van der Waals surface area contributed by atoms with Gasteiger partial charge in [-0.05, 0) is 49.8 Å². The molecule has 1 amide bonds. The first-order chi connectivity index (χ1) is 12.6. The lowest BCUT2D eigenvalue weighted by molar-refractivity contribution is -0.111. The van der Waals surface area contributed by atoms with E-state index in [4.69, 9.17) is 9.15 Å². The zero-order valence-electron chi connectivity index (χ0n) is 14.6. The Hall–Kier alpha value is -3.34. The van der Waals surface area contributed by atoms with Gasteiger partial charge in [0.1, 0.15) is 11.3 Å². The Kier molecular flexibility index (Phi) is 5.17. The number of furan rings is 1. The molecule has 5 nitrogen and oxygen atoms in total. The Morgan fingerprint density at radius 2 is 1.96 bits per heavy atom. The lowest BCUT2D eigenvalue weighted by atomic mass is 10.1. The van der Waals surface area contributed by atoms with Crippen LogP contribution in [-0.2, 0) is 9.53 Å². The van der Waals surface area contributed by atoms with Gasteiger partial charge in [-0.15, -0.1) is 0 Å². The highest BCUT2D eigenvalue weighted by molar-refractivity contribution is 6.06. The van der Waals surface area contributed by atoms with Gasteiger partial charge in [0.05, 0.1) is 17.9 Å². The van der Waals surface area contributed by atoms with Crippen molar-refractivity contribution in [1.82, 2.24) is 0 Å². The Bertz CT molecular complexity index is 985. The van der Waals surface area contributed by atoms with Crippen molar-refractivity contribution >= 4 is 34.6 Å². The molecule has 1 heterocycles. The van der Waals surface area contributed by atoms with E-state index in [1.54, 1.807) is 37.3 Å². The van der Waals surface area contributed by atoms with Crippen LogP contribution in [0.1, 0.15) is 28.6 Å². The fourth-order valence-electron chi connectivity index (χ4n) is 2.55. The number of para-hydroxylation sites is 1. The van der Waals surface area contributed by atoms with Gasteiger partial charge in [0.25, 0.3) is 0 Å². The fourth-order valence-corrected chi connectivity index (χ4v) is 2.55. The number of esters is 1. The molecule has 3 aromatic rings. The van der Waals surface area contributed by atoms with Gasteiger partial charge in [-0.2, -0.15) is 0 Å². The maximum atomic E-state index is 12.2. The van der Waals surface area contributed by atoms with Crippen LogP contribution in [0.3, 0.4) is 0 Å². The molecule has 3 rings (SSSR count). The topological polar surface area (TPSA) is 68.5 Å². The van der Waals surface area contributed by atoms with E-state index in [0.717, 1.165) is 16.5 Å². The van der Waals surface area contributed by atoms with Crippen molar-refractivity contribution in [3.63, 3.8) is 0 Å². The number of aryl methyl sites for hydroxylation is 1. The van der Waals surface area contributed by atoms with E-state index < -0.39 is 5.97 Å². The molecule has 1 aromatic heterocycles. The summed E-state index contributed by atoms with van der Waals surface area (Å²) in [6, 6.07) is 14.5. The van der Waals surface area contributed by atoms with Crippen LogP contribution in [0.15, 0.2) is 59.0 Å². The summed E-state index contributed by atoms with van der Waals surface area (Å²) in [4.78, 5) is 24.1. The van der Waals surface area contributed by atoms with Gasteiger partial charge in [0, 0.05) is 11.5 Å². The number of nitrogens with one attached hydrogen (secondary N) is 1. The van der Waals surface area contributed by atoms with Crippen molar-refractivity contribution in [1.29, 1.82) is 0 Å². The van der Waals surface area contributed by atoms with Crippen molar-refractivity contribution in [2.24, 2.45) is 0 Å². The molecule has 0 saturated heterocycles. The first kappa shape index (κ1) is 17.5. The minimum Gasteiger partial charge on any atom is -0.462 e. The molecule has 0 aliphatic rings. The maximum absolute atomic E-state index is 12.2. The molecular formula is C21H19NO4. The number of carbonyl (C=O) groups is 2. The number of carbonyl (C=O) groups excluding carboxylic acids is 2. The third-order valence-electron chi connectivity index (χ3n) is 3.77. The number of amides is 1. The van der Waals surface area contributed by atoms with Crippen molar-refractivity contribution < 1.29 is 18.7 Å². The molecule has 0 radical (unpaired) electrons. The first-order valence-corrected chi connectivity index (χ1v) is 8.32. The molecule has 0 bridgehead atoms. The quantitative estimate of drug-likeness (QED) is 0.541. The fraction of sp³-hybridized carbons (Fsp3) is 0.143. The molecule has 0 saturated carbocycles. The summed E-state index contributed by atoms with van der Waals surface area (Å²) in [5.74, 6) is -0.252. The molecule has 0 unspecified atom stereocenters. The lowest BCUT2D eigenvalue weighted by Crippen LogP contribution is -2.13. The van der Waals surface area contributed by atoms with Crippen molar-refractivity contribution in [3.8, 4) is 0 Å². The van der Waals surface area contributed by atoms with Gasteiger partial charge in [0.15, 0.2) is 0 Å². The molecule has 26 heavy (non-hydrogen) atoms. The number of fused-ring (bicyclic) bond motifs is 1. The summed E-state index contributed by atoms with van der Waals surface area (Å²) >= 11 is 0. The minimum atomic E-state index is -0.472. The highest BCUT2D eigenvalue weighted by atomic mass is 16.5. The number of ether oxygens (including phenoxy) is 1. The summed E-state index contributed by atoms with van der Waals surface area (Å²) in [6.45, 7) is 4.00. The third-order valence-corrected chi connectivity index (χ3v) is 3.77. The normalized spacial score (nSPS) is 11.0. The van der Waals surface area contributed by atoms with Crippen LogP contribution in [0, 0.1) is 6.92 Å². The summed E-state index contributed by atoms with van der Waals surface area (Å²) in [5, 5.41) is 3.67. The molecule has 0 aliphatic carbocycles. The van der Waals surface area contributed by atoms with Crippen LogP contribution in [0.4, 0.5) is 5.69 Å². The predicted molar refractivity (Wildman–Crippen MR) is 101 cm³/mol. The highest BCUT2D eigenvalue weighted by Gasteiger charge is 2.13. The predicted octanol–water partition coefficient (Wildman–Crippen LogP) is 4.57. The van der Waals surface area contributed by atoms with Crippen LogP contribution in [-0.4, -0.2) is 18.5 Å². The average molecular weight is 349 g/mol. The lowest BCUT2D eigenvalue weighted by Gasteiger charge is -2.08. The zero-order chi connectivity index (χ0) is 18.5. The van der Waals surface area contributed by atoms with E-state index in [2.05, 4.69) is 5.32 Å². The smallest absolute Gasteiger partial charge is 0.340 e. The standard InChI is InChI=1S/C21H19NO4/c1-3-25-21(24)17-6-4-5-7-18(17)22-20(23)11-10-16-13-15-9-8-14(2)12-19(15)26-16/h4-13H,3H2,1-2H3,(H,22,23). The molecule has 0 atom stereocenters. The number of benzene rings is 2. The molecular weight excluding hydrogens is 330 g/mol. The second kappa shape index (κ2) is 7.70. The van der Waals surface area contributed by atoms with Crippen molar-refractivity contribution in [2.75, 3.05) is 11.9 Å². The maximum Gasteiger partial charge on any atom is 0.340 e. The first-order valence-electron chi connectivity index (χ1n) is 8.32.